The van der Waals surface area contributed by atoms with Crippen molar-refractivity contribution in [2.24, 2.45) is 0 Å². The number of unbranched alkanes of at least 4 members (excludes halogenated alkanes) is 2. The second kappa shape index (κ2) is 15.2. The Balaban J connectivity index is 1.36. The molecule has 1 amide bonds. The molecule has 0 aliphatic heterocycles. The number of aryl methyl sites for hydroxylation is 1. The Labute approximate surface area is 237 Å². The smallest absolute Gasteiger partial charge is 0.220 e. The van der Waals surface area contributed by atoms with Gasteiger partial charge in [0.15, 0.2) is 0 Å². The Hall–Kier alpha value is -3.68. The summed E-state index contributed by atoms with van der Waals surface area (Å²) in [7, 11) is 0. The largest absolute Gasteiger partial charge is 0.399 e. The van der Waals surface area contributed by atoms with Gasteiger partial charge in [0.2, 0.25) is 17.1 Å². The Morgan fingerprint density at radius 3 is 2.27 bits per heavy atom. The number of nitrogen functional groups attached to an aromatic ring is 2. The van der Waals surface area contributed by atoms with Crippen LogP contribution in [0.25, 0.3) is 32.9 Å². The summed E-state index contributed by atoms with van der Waals surface area (Å²) in [6.45, 7) is 6.17. The lowest BCUT2D eigenvalue weighted by molar-refractivity contribution is -0.659. The monoisotopic (exact) mass is 543 g/mol. The fraction of sp³-hybridized carbons (Fsp3) is 0.394. The molecule has 0 atom stereocenters. The molecule has 5 N–H and O–H groups in total. The highest BCUT2D eigenvalue weighted by atomic mass is 16.5. The summed E-state index contributed by atoms with van der Waals surface area (Å²) < 4.78 is 13.3. The van der Waals surface area contributed by atoms with Gasteiger partial charge >= 0.3 is 0 Å². The first-order chi connectivity index (χ1) is 19.6. The minimum absolute atomic E-state index is 0.100. The minimum Gasteiger partial charge on any atom is -0.399 e. The molecule has 212 valence electrons. The van der Waals surface area contributed by atoms with E-state index in [1.54, 1.807) is 0 Å². The summed E-state index contributed by atoms with van der Waals surface area (Å²) in [5.74, 6) is 0.100. The molecule has 0 saturated heterocycles. The first-order valence-corrected chi connectivity index (χ1v) is 14.5. The van der Waals surface area contributed by atoms with Gasteiger partial charge in [-0.1, -0.05) is 31.2 Å². The van der Waals surface area contributed by atoms with E-state index in [0.29, 0.717) is 32.8 Å². The van der Waals surface area contributed by atoms with Gasteiger partial charge in [-0.25, -0.2) is 0 Å². The molecule has 40 heavy (non-hydrogen) atoms. The van der Waals surface area contributed by atoms with Crippen molar-refractivity contribution in [2.45, 2.75) is 52.0 Å². The lowest BCUT2D eigenvalue weighted by atomic mass is 9.98. The van der Waals surface area contributed by atoms with Crippen LogP contribution in [-0.4, -0.2) is 38.9 Å². The van der Waals surface area contributed by atoms with Crippen molar-refractivity contribution >= 4 is 39.0 Å². The third-order valence-corrected chi connectivity index (χ3v) is 7.01. The zero-order valence-corrected chi connectivity index (χ0v) is 23.7. The van der Waals surface area contributed by atoms with Crippen LogP contribution >= 0.6 is 0 Å². The van der Waals surface area contributed by atoms with E-state index in [0.717, 1.165) is 89.6 Å². The van der Waals surface area contributed by atoms with E-state index < -0.39 is 0 Å². The van der Waals surface area contributed by atoms with Gasteiger partial charge in [0.1, 0.15) is 6.54 Å². The third-order valence-electron chi connectivity index (χ3n) is 7.01. The second-order valence-electron chi connectivity index (χ2n) is 10.2. The molecule has 3 aromatic carbocycles. The number of pyridine rings is 1. The van der Waals surface area contributed by atoms with E-state index in [4.69, 9.17) is 20.9 Å². The summed E-state index contributed by atoms with van der Waals surface area (Å²) in [5.41, 5.74) is 17.4. The van der Waals surface area contributed by atoms with Gasteiger partial charge in [0, 0.05) is 61.0 Å². The number of hydrogen-bond donors (Lipinski definition) is 3. The minimum atomic E-state index is 0.100. The highest BCUT2D eigenvalue weighted by molar-refractivity contribution is 6.10. The predicted molar refractivity (Wildman–Crippen MR) is 164 cm³/mol. The van der Waals surface area contributed by atoms with Crippen LogP contribution < -0.4 is 21.4 Å². The molecule has 0 aliphatic carbocycles. The Bertz CT molecular complexity index is 1390. The van der Waals surface area contributed by atoms with Crippen LogP contribution in [0.4, 0.5) is 11.4 Å². The molecule has 4 rings (SSSR count). The number of ether oxygens (including phenoxy) is 2. The van der Waals surface area contributed by atoms with Crippen molar-refractivity contribution in [1.82, 2.24) is 5.32 Å². The van der Waals surface area contributed by atoms with E-state index in [2.05, 4.69) is 65.3 Å². The number of nitrogens with zero attached hydrogens (tertiary/aromatic N) is 1. The molecule has 0 aliphatic rings. The van der Waals surface area contributed by atoms with Crippen LogP contribution in [0.2, 0.25) is 0 Å². The maximum absolute atomic E-state index is 12.3. The normalized spacial score (nSPS) is 11.3. The molecule has 7 heteroatoms. The van der Waals surface area contributed by atoms with Gasteiger partial charge in [-0.15, -0.1) is 0 Å². The summed E-state index contributed by atoms with van der Waals surface area (Å²) >= 11 is 0. The van der Waals surface area contributed by atoms with Crippen molar-refractivity contribution in [1.29, 1.82) is 0 Å². The molecule has 0 spiro atoms. The number of aromatic nitrogens is 1. The van der Waals surface area contributed by atoms with E-state index in [-0.39, 0.29) is 5.91 Å². The van der Waals surface area contributed by atoms with E-state index in [9.17, 15) is 4.79 Å². The number of nitrogens with one attached hydrogen (secondary N) is 1. The number of anilines is 2. The van der Waals surface area contributed by atoms with Crippen LogP contribution in [0.15, 0.2) is 66.7 Å². The molecule has 0 fully saturated rings. The van der Waals surface area contributed by atoms with Crippen molar-refractivity contribution in [3.63, 3.8) is 0 Å². The summed E-state index contributed by atoms with van der Waals surface area (Å²) in [6, 6.07) is 22.7. The van der Waals surface area contributed by atoms with Crippen molar-refractivity contribution < 1.29 is 18.8 Å². The van der Waals surface area contributed by atoms with Crippen molar-refractivity contribution in [3.05, 3.63) is 66.7 Å². The van der Waals surface area contributed by atoms with E-state index in [1.165, 1.54) is 0 Å². The molecule has 0 radical (unpaired) electrons. The van der Waals surface area contributed by atoms with Crippen LogP contribution in [0.1, 0.15) is 45.4 Å². The second-order valence-corrected chi connectivity index (χ2v) is 10.2. The van der Waals surface area contributed by atoms with Crippen LogP contribution in [0, 0.1) is 0 Å². The highest BCUT2D eigenvalue weighted by Crippen LogP contribution is 2.33. The molecular weight excluding hydrogens is 500 g/mol. The Morgan fingerprint density at radius 1 is 0.775 bits per heavy atom. The van der Waals surface area contributed by atoms with Crippen LogP contribution in [0.5, 0.6) is 0 Å². The van der Waals surface area contributed by atoms with Gasteiger partial charge in [0.05, 0.1) is 24.0 Å². The number of carbonyl (C=O) groups is 1. The average molecular weight is 544 g/mol. The van der Waals surface area contributed by atoms with Gasteiger partial charge in [-0.2, -0.15) is 4.57 Å². The number of hydrogen-bond acceptors (Lipinski definition) is 5. The van der Waals surface area contributed by atoms with Crippen LogP contribution in [-0.2, 0) is 20.8 Å². The zero-order valence-electron chi connectivity index (χ0n) is 23.7. The van der Waals surface area contributed by atoms with Crippen molar-refractivity contribution in [2.75, 3.05) is 44.4 Å². The van der Waals surface area contributed by atoms with Crippen LogP contribution in [0.3, 0.4) is 0 Å². The number of benzene rings is 3. The van der Waals surface area contributed by atoms with Gasteiger partial charge in [0.25, 0.3) is 0 Å². The SMILES string of the molecule is CCCOCCOCCCNC(=O)CCCCC[n+]1c(-c2ccccc2)c2cc(N)ccc2c2ccc(N)cc21. The fourth-order valence-electron chi connectivity index (χ4n) is 5.09. The molecule has 1 aromatic heterocycles. The Morgan fingerprint density at radius 2 is 1.50 bits per heavy atom. The number of rotatable bonds is 16. The molecule has 1 heterocycles. The third kappa shape index (κ3) is 7.93. The summed E-state index contributed by atoms with van der Waals surface area (Å²) in [6.07, 6.45) is 5.10. The van der Waals surface area contributed by atoms with Gasteiger partial charge in [-0.05, 0) is 62.1 Å². The van der Waals surface area contributed by atoms with E-state index in [1.807, 2.05) is 18.2 Å². The van der Waals surface area contributed by atoms with E-state index >= 15 is 0 Å². The molecular formula is C33H43N4O3+. The number of fused-ring (bicyclic) bond motifs is 3. The maximum Gasteiger partial charge on any atom is 0.220 e. The molecule has 7 nitrogen and oxygen atoms in total. The predicted octanol–water partition coefficient (Wildman–Crippen LogP) is 5.62. The summed E-state index contributed by atoms with van der Waals surface area (Å²) in [5, 5.41) is 6.45. The lowest BCUT2D eigenvalue weighted by Gasteiger charge is -2.13. The number of amides is 1. The number of nitrogens with two attached hydrogens (primary N) is 2. The van der Waals surface area contributed by atoms with Gasteiger partial charge in [-0.3, -0.25) is 4.79 Å². The lowest BCUT2D eigenvalue weighted by Crippen LogP contribution is -2.38. The molecule has 0 saturated carbocycles. The topological polar surface area (TPSA) is 103 Å². The van der Waals surface area contributed by atoms with Crippen molar-refractivity contribution in [3.8, 4) is 11.3 Å². The van der Waals surface area contributed by atoms with Gasteiger partial charge < -0.3 is 26.3 Å². The highest BCUT2D eigenvalue weighted by Gasteiger charge is 2.23. The first kappa shape index (κ1) is 29.3. The molecule has 0 unspecified atom stereocenters. The molecule has 4 aromatic rings. The zero-order chi connectivity index (χ0) is 28.2. The fourth-order valence-corrected chi connectivity index (χ4v) is 5.09. The first-order valence-electron chi connectivity index (χ1n) is 14.5. The molecule has 0 bridgehead atoms. The summed E-state index contributed by atoms with van der Waals surface area (Å²) in [4.78, 5) is 12.3. The number of carbonyl (C=O) groups excluding carboxylic acids is 1. The average Bonchev–Trinajstić information content (AvgIpc) is 2.96. The standard InChI is InChI=1S/C33H42N4O3/c1-2-19-39-21-22-40-20-9-17-36-32(38)12-7-4-8-18-37-31-24-27(35)14-16-29(31)28-15-13-26(34)23-30(28)33(37)25-10-5-3-6-11-25/h3,5-6,10-11,13-16,23-24,35H,2,4,7-9,12,17-22,34H2,1H3,(H,36,38)/p+1. The Kier molecular flexibility index (Phi) is 11.1. The quantitative estimate of drug-likeness (QED) is 0.0736. The maximum atomic E-state index is 12.3.